The Morgan fingerprint density at radius 3 is 2.65 bits per heavy atom. The van der Waals surface area contributed by atoms with Gasteiger partial charge in [-0.2, -0.15) is 0 Å². The van der Waals surface area contributed by atoms with E-state index in [1.807, 2.05) is 13.0 Å². The van der Waals surface area contributed by atoms with Crippen molar-refractivity contribution in [1.82, 2.24) is 0 Å². The van der Waals surface area contributed by atoms with Crippen LogP contribution in [0.4, 0.5) is 0 Å². The van der Waals surface area contributed by atoms with Gasteiger partial charge < -0.3 is 9.84 Å². The summed E-state index contributed by atoms with van der Waals surface area (Å²) in [7, 11) is -3.20. The summed E-state index contributed by atoms with van der Waals surface area (Å²) in [6.07, 6.45) is -1.72. The Hall–Kier alpha value is -0.780. The van der Waals surface area contributed by atoms with E-state index in [0.29, 0.717) is 10.8 Å². The third-order valence-electron chi connectivity index (χ3n) is 2.64. The predicted molar refractivity (Wildman–Crippen MR) is 65.3 cm³/mol. The molecule has 2 atom stereocenters. The van der Waals surface area contributed by atoms with Gasteiger partial charge in [0.1, 0.15) is 18.0 Å². The van der Waals surface area contributed by atoms with Crippen LogP contribution in [0, 0.1) is 6.92 Å². The number of aliphatic hydroxyl groups is 1. The second-order valence-electron chi connectivity index (χ2n) is 4.23. The molecular formula is C11H13ClO4S. The summed E-state index contributed by atoms with van der Waals surface area (Å²) in [6.45, 7) is 1.89. The van der Waals surface area contributed by atoms with Crippen molar-refractivity contribution in [3.8, 4) is 5.75 Å². The zero-order valence-electron chi connectivity index (χ0n) is 9.26. The van der Waals surface area contributed by atoms with Crippen LogP contribution >= 0.6 is 11.6 Å². The topological polar surface area (TPSA) is 63.6 Å². The first kappa shape index (κ1) is 12.7. The molecule has 6 heteroatoms. The van der Waals surface area contributed by atoms with Crippen LogP contribution in [0.25, 0.3) is 0 Å². The van der Waals surface area contributed by atoms with Gasteiger partial charge in [0, 0.05) is 0 Å². The van der Waals surface area contributed by atoms with Crippen molar-refractivity contribution in [3.63, 3.8) is 0 Å². The zero-order chi connectivity index (χ0) is 12.6. The maximum Gasteiger partial charge on any atom is 0.156 e. The monoisotopic (exact) mass is 276 g/mol. The Morgan fingerprint density at radius 1 is 1.41 bits per heavy atom. The number of aryl methyl sites for hydroxylation is 1. The summed E-state index contributed by atoms with van der Waals surface area (Å²) in [5.74, 6) is -0.0158. The quantitative estimate of drug-likeness (QED) is 0.881. The molecule has 0 radical (unpaired) electrons. The van der Waals surface area contributed by atoms with Gasteiger partial charge in [-0.25, -0.2) is 8.42 Å². The Bertz CT molecular complexity index is 526. The Labute approximate surface area is 105 Å². The summed E-state index contributed by atoms with van der Waals surface area (Å²) in [5, 5.41) is 10.0. The van der Waals surface area contributed by atoms with Crippen molar-refractivity contribution < 1.29 is 18.3 Å². The molecule has 1 aliphatic heterocycles. The van der Waals surface area contributed by atoms with Gasteiger partial charge in [0.2, 0.25) is 0 Å². The van der Waals surface area contributed by atoms with Crippen LogP contribution in [-0.4, -0.2) is 37.2 Å². The highest BCUT2D eigenvalue weighted by atomic mass is 35.5. The van der Waals surface area contributed by atoms with Gasteiger partial charge in [-0.05, 0) is 24.6 Å². The minimum atomic E-state index is -3.20. The van der Waals surface area contributed by atoms with E-state index in [9.17, 15) is 13.5 Å². The fourth-order valence-corrected chi connectivity index (χ4v) is 3.72. The summed E-state index contributed by atoms with van der Waals surface area (Å²) in [4.78, 5) is 0. The number of hydrogen-bond acceptors (Lipinski definition) is 4. The second-order valence-corrected chi connectivity index (χ2v) is 6.80. The second kappa shape index (κ2) is 4.48. The first-order valence-electron chi connectivity index (χ1n) is 5.19. The average molecular weight is 277 g/mol. The van der Waals surface area contributed by atoms with E-state index in [2.05, 4.69) is 0 Å². The van der Waals surface area contributed by atoms with Crippen molar-refractivity contribution in [1.29, 1.82) is 0 Å². The van der Waals surface area contributed by atoms with Crippen molar-refractivity contribution >= 4 is 21.4 Å². The lowest BCUT2D eigenvalue weighted by Crippen LogP contribution is -2.29. The molecular weight excluding hydrogens is 264 g/mol. The molecule has 0 bridgehead atoms. The zero-order valence-corrected chi connectivity index (χ0v) is 10.8. The lowest BCUT2D eigenvalue weighted by Gasteiger charge is -2.16. The number of halogens is 1. The van der Waals surface area contributed by atoms with Crippen LogP contribution in [0.15, 0.2) is 18.2 Å². The van der Waals surface area contributed by atoms with Crippen LogP contribution in [-0.2, 0) is 9.84 Å². The van der Waals surface area contributed by atoms with E-state index in [-0.39, 0.29) is 11.5 Å². The van der Waals surface area contributed by atoms with Crippen LogP contribution in [0.3, 0.4) is 0 Å². The van der Waals surface area contributed by atoms with Crippen molar-refractivity contribution in [3.05, 3.63) is 28.8 Å². The average Bonchev–Trinajstić information content (AvgIpc) is 2.44. The van der Waals surface area contributed by atoms with Gasteiger partial charge in [-0.3, -0.25) is 0 Å². The Balaban J connectivity index is 2.17. The summed E-state index contributed by atoms with van der Waals surface area (Å²) in [5.41, 5.74) is 0.988. The number of aliphatic hydroxyl groups excluding tert-OH is 1. The molecule has 1 aromatic rings. The third kappa shape index (κ3) is 2.91. The molecule has 2 unspecified atom stereocenters. The van der Waals surface area contributed by atoms with E-state index < -0.39 is 22.0 Å². The molecule has 94 valence electrons. The lowest BCUT2D eigenvalue weighted by atomic mass is 10.2. The van der Waals surface area contributed by atoms with Gasteiger partial charge in [0.05, 0.1) is 16.5 Å². The molecule has 0 amide bonds. The molecule has 2 rings (SSSR count). The summed E-state index contributed by atoms with van der Waals surface area (Å²) >= 11 is 5.97. The number of sulfone groups is 1. The third-order valence-corrected chi connectivity index (χ3v) is 4.62. The maximum atomic E-state index is 11.3. The molecule has 1 fully saturated rings. The molecule has 4 nitrogen and oxygen atoms in total. The molecule has 0 aliphatic carbocycles. The fraction of sp³-hybridized carbons (Fsp3) is 0.455. The van der Waals surface area contributed by atoms with Crippen LogP contribution in [0.1, 0.15) is 5.56 Å². The van der Waals surface area contributed by atoms with E-state index in [1.54, 1.807) is 12.1 Å². The van der Waals surface area contributed by atoms with Crippen LogP contribution in [0.2, 0.25) is 5.02 Å². The number of hydrogen-bond donors (Lipinski definition) is 1. The van der Waals surface area contributed by atoms with Crippen molar-refractivity contribution in [2.24, 2.45) is 0 Å². The van der Waals surface area contributed by atoms with Gasteiger partial charge in [-0.15, -0.1) is 0 Å². The van der Waals surface area contributed by atoms with E-state index in [0.717, 1.165) is 5.56 Å². The van der Waals surface area contributed by atoms with Gasteiger partial charge in [0.25, 0.3) is 0 Å². The molecule has 1 aliphatic rings. The molecule has 0 spiro atoms. The fourth-order valence-electron chi connectivity index (χ4n) is 1.77. The first-order chi connectivity index (χ1) is 7.87. The van der Waals surface area contributed by atoms with Crippen LogP contribution in [0.5, 0.6) is 5.75 Å². The van der Waals surface area contributed by atoms with Crippen molar-refractivity contribution in [2.75, 3.05) is 11.5 Å². The first-order valence-corrected chi connectivity index (χ1v) is 7.38. The molecule has 1 heterocycles. The minimum absolute atomic E-state index is 0.168. The SMILES string of the molecule is Cc1ccc(OC2CS(=O)(=O)CC2O)c(Cl)c1. The highest BCUT2D eigenvalue weighted by Crippen LogP contribution is 2.28. The molecule has 1 aromatic carbocycles. The number of ether oxygens (including phenoxy) is 1. The summed E-state index contributed by atoms with van der Waals surface area (Å²) < 4.78 is 28.1. The standard InChI is InChI=1S/C11H13ClO4S/c1-7-2-3-10(8(12)4-7)16-11-6-17(14,15)5-9(11)13/h2-4,9,11,13H,5-6H2,1H3. The van der Waals surface area contributed by atoms with Crippen LogP contribution < -0.4 is 4.74 Å². The minimum Gasteiger partial charge on any atom is -0.485 e. The van der Waals surface area contributed by atoms with Gasteiger partial charge in [-0.1, -0.05) is 17.7 Å². The molecule has 17 heavy (non-hydrogen) atoms. The van der Waals surface area contributed by atoms with E-state index in [1.165, 1.54) is 0 Å². The highest BCUT2D eigenvalue weighted by molar-refractivity contribution is 7.91. The Morgan fingerprint density at radius 2 is 2.12 bits per heavy atom. The summed E-state index contributed by atoms with van der Waals surface area (Å²) in [6, 6.07) is 5.22. The van der Waals surface area contributed by atoms with E-state index >= 15 is 0 Å². The molecule has 1 saturated heterocycles. The van der Waals surface area contributed by atoms with E-state index in [4.69, 9.17) is 16.3 Å². The molecule has 0 aromatic heterocycles. The Kier molecular flexibility index (Phi) is 3.34. The highest BCUT2D eigenvalue weighted by Gasteiger charge is 2.38. The normalized spacial score (nSPS) is 27.0. The maximum absolute atomic E-state index is 11.3. The molecule has 0 saturated carbocycles. The smallest absolute Gasteiger partial charge is 0.156 e. The predicted octanol–water partition coefficient (Wildman–Crippen LogP) is 1.19. The van der Waals surface area contributed by atoms with Gasteiger partial charge >= 0.3 is 0 Å². The largest absolute Gasteiger partial charge is 0.485 e. The van der Waals surface area contributed by atoms with Crippen molar-refractivity contribution in [2.45, 2.75) is 19.1 Å². The van der Waals surface area contributed by atoms with Gasteiger partial charge in [0.15, 0.2) is 9.84 Å². The lowest BCUT2D eigenvalue weighted by molar-refractivity contribution is 0.0738. The number of benzene rings is 1. The number of rotatable bonds is 2. The molecule has 1 N–H and O–H groups in total.